The monoisotopic (exact) mass is 701 g/mol. The highest BCUT2D eigenvalue weighted by Gasteiger charge is 2.39. The van der Waals surface area contributed by atoms with E-state index in [1.807, 2.05) is 66.7 Å². The molecule has 1 aliphatic heterocycles. The minimum Gasteiger partial charge on any atom is -0.478 e. The molecule has 8 heteroatoms. The fourth-order valence-corrected chi connectivity index (χ4v) is 6.56. The third-order valence-electron chi connectivity index (χ3n) is 9.20. The van der Waals surface area contributed by atoms with Crippen LogP contribution in [0, 0.1) is 0 Å². The number of unbranched alkanes of at least 4 members (excludes halogenated alkanes) is 3. The van der Waals surface area contributed by atoms with Crippen molar-refractivity contribution in [2.75, 3.05) is 19.8 Å². The van der Waals surface area contributed by atoms with Gasteiger partial charge in [-0.1, -0.05) is 129 Å². The van der Waals surface area contributed by atoms with Gasteiger partial charge in [-0.05, 0) is 54.2 Å². The van der Waals surface area contributed by atoms with Gasteiger partial charge in [0.2, 0.25) is 0 Å². The van der Waals surface area contributed by atoms with Crippen molar-refractivity contribution in [3.63, 3.8) is 0 Å². The number of carbonyl (C=O) groups excluding carboxylic acids is 2. The van der Waals surface area contributed by atoms with Gasteiger partial charge in [0.25, 0.3) is 0 Å². The van der Waals surface area contributed by atoms with Crippen molar-refractivity contribution in [1.29, 1.82) is 0 Å². The lowest BCUT2D eigenvalue weighted by molar-refractivity contribution is -0.141. The van der Waals surface area contributed by atoms with Crippen LogP contribution in [-0.4, -0.2) is 42.8 Å². The minimum atomic E-state index is -1.12. The normalized spacial score (nSPS) is 14.2. The summed E-state index contributed by atoms with van der Waals surface area (Å²) >= 11 is 0. The molecule has 1 heterocycles. The summed E-state index contributed by atoms with van der Waals surface area (Å²) in [6.07, 6.45) is 4.64. The Hall–Kier alpha value is -5.47. The van der Waals surface area contributed by atoms with E-state index < -0.39 is 23.8 Å². The Kier molecular flexibility index (Phi) is 14.0. The summed E-state index contributed by atoms with van der Waals surface area (Å²) in [6.45, 7) is 4.60. The minimum absolute atomic E-state index is 0.0118. The van der Waals surface area contributed by atoms with Crippen molar-refractivity contribution < 1.29 is 33.7 Å². The van der Waals surface area contributed by atoms with Gasteiger partial charge in [0.05, 0.1) is 41.5 Å². The van der Waals surface area contributed by atoms with E-state index in [1.54, 1.807) is 19.1 Å². The van der Waals surface area contributed by atoms with Gasteiger partial charge in [-0.3, -0.25) is 0 Å². The molecule has 0 bridgehead atoms. The summed E-state index contributed by atoms with van der Waals surface area (Å²) in [5.74, 6) is -3.36. The molecule has 0 spiro atoms. The molecule has 0 saturated heterocycles. The van der Waals surface area contributed by atoms with E-state index in [1.165, 1.54) is 12.1 Å². The van der Waals surface area contributed by atoms with Crippen LogP contribution in [0.3, 0.4) is 0 Å². The molecule has 0 aliphatic carbocycles. The quantitative estimate of drug-likeness (QED) is 0.0783. The molecule has 4 aromatic carbocycles. The van der Waals surface area contributed by atoms with Gasteiger partial charge in [0.15, 0.2) is 0 Å². The van der Waals surface area contributed by atoms with Gasteiger partial charge in [-0.15, -0.1) is 0 Å². The Balaban J connectivity index is 1.47. The predicted molar refractivity (Wildman–Crippen MR) is 201 cm³/mol. The van der Waals surface area contributed by atoms with Crippen LogP contribution in [0.15, 0.2) is 138 Å². The Morgan fingerprint density at radius 3 is 1.98 bits per heavy atom. The number of carbonyl (C=O) groups is 3. The Bertz CT molecular complexity index is 1810. The summed E-state index contributed by atoms with van der Waals surface area (Å²) in [6, 6.07) is 35.8. The molecule has 8 nitrogen and oxygen atoms in total. The molecule has 0 amide bonds. The lowest BCUT2D eigenvalue weighted by Gasteiger charge is -2.32. The first kappa shape index (κ1) is 37.8. The number of nitrogens with one attached hydrogen (secondary N) is 1. The number of rotatable bonds is 18. The van der Waals surface area contributed by atoms with Gasteiger partial charge in [0, 0.05) is 18.2 Å². The fraction of sp³-hybridized carbons (Fsp3) is 0.295. The Labute approximate surface area is 306 Å². The van der Waals surface area contributed by atoms with Crippen molar-refractivity contribution in [1.82, 2.24) is 5.32 Å². The molecule has 1 unspecified atom stereocenters. The van der Waals surface area contributed by atoms with Crippen LogP contribution in [0.2, 0.25) is 0 Å². The lowest BCUT2D eigenvalue weighted by Crippen LogP contribution is -2.35. The molecular weight excluding hydrogens is 654 g/mol. The molecule has 270 valence electrons. The second-order valence-corrected chi connectivity index (χ2v) is 12.9. The maximum absolute atomic E-state index is 14.2. The lowest BCUT2D eigenvalue weighted by atomic mass is 9.79. The zero-order chi connectivity index (χ0) is 36.7. The number of carboxylic acid groups (broad SMARTS) is 1. The van der Waals surface area contributed by atoms with E-state index in [2.05, 4.69) is 36.5 Å². The summed E-state index contributed by atoms with van der Waals surface area (Å²) in [5.41, 5.74) is 4.82. The largest absolute Gasteiger partial charge is 0.478 e. The highest BCUT2D eigenvalue weighted by molar-refractivity contribution is 6.00. The zero-order valence-electron chi connectivity index (χ0n) is 29.9. The second-order valence-electron chi connectivity index (χ2n) is 12.9. The number of allylic oxidation sites excluding steroid dienone is 1. The van der Waals surface area contributed by atoms with Gasteiger partial charge in [-0.25, -0.2) is 14.4 Å². The molecule has 52 heavy (non-hydrogen) atoms. The molecule has 0 saturated carbocycles. The van der Waals surface area contributed by atoms with Crippen molar-refractivity contribution in [3.05, 3.63) is 166 Å². The number of benzene rings is 4. The summed E-state index contributed by atoms with van der Waals surface area (Å²) in [4.78, 5) is 40.5. The zero-order valence-corrected chi connectivity index (χ0v) is 29.9. The molecule has 4 aromatic rings. The number of dihydropyridines is 1. The first-order valence-corrected chi connectivity index (χ1v) is 18.0. The van der Waals surface area contributed by atoms with Crippen molar-refractivity contribution in [2.45, 2.75) is 64.4 Å². The van der Waals surface area contributed by atoms with E-state index in [4.69, 9.17) is 14.2 Å². The van der Waals surface area contributed by atoms with Crippen molar-refractivity contribution >= 4 is 17.9 Å². The number of aromatic carboxylic acids is 1. The SMILES string of the molecule is CCCCCCOCC1=C(C(=O)OCc2ccccc2)C(c2cccc(C(=O)O)c2)C(C(=O)OCCC(c2ccccc2)c2ccccc2)=C(C)N1. The maximum Gasteiger partial charge on any atom is 0.337 e. The van der Waals surface area contributed by atoms with Crippen LogP contribution in [0.5, 0.6) is 0 Å². The summed E-state index contributed by atoms with van der Waals surface area (Å²) in [7, 11) is 0. The summed E-state index contributed by atoms with van der Waals surface area (Å²) in [5, 5.41) is 13.2. The molecule has 1 aliphatic rings. The number of carboxylic acids is 1. The first-order valence-electron chi connectivity index (χ1n) is 18.0. The average Bonchev–Trinajstić information content (AvgIpc) is 3.17. The van der Waals surface area contributed by atoms with Gasteiger partial charge in [0.1, 0.15) is 6.61 Å². The van der Waals surface area contributed by atoms with Crippen LogP contribution in [-0.2, 0) is 30.4 Å². The molecule has 5 rings (SSSR count). The van der Waals surface area contributed by atoms with Crippen molar-refractivity contribution in [3.8, 4) is 0 Å². The Morgan fingerprint density at radius 1 is 0.712 bits per heavy atom. The molecule has 0 aromatic heterocycles. The highest BCUT2D eigenvalue weighted by atomic mass is 16.5. The maximum atomic E-state index is 14.2. The van der Waals surface area contributed by atoms with Crippen LogP contribution < -0.4 is 5.32 Å². The third kappa shape index (κ3) is 10.1. The number of hydrogen-bond donors (Lipinski definition) is 2. The van der Waals surface area contributed by atoms with Crippen LogP contribution in [0.4, 0.5) is 0 Å². The van der Waals surface area contributed by atoms with Gasteiger partial charge >= 0.3 is 17.9 Å². The van der Waals surface area contributed by atoms with E-state index >= 15 is 0 Å². The predicted octanol–water partition coefficient (Wildman–Crippen LogP) is 8.71. The van der Waals surface area contributed by atoms with Crippen LogP contribution in [0.1, 0.15) is 90.4 Å². The second kappa shape index (κ2) is 19.2. The van der Waals surface area contributed by atoms with Crippen LogP contribution in [0.25, 0.3) is 0 Å². The van der Waals surface area contributed by atoms with E-state index in [0.717, 1.165) is 42.4 Å². The number of ether oxygens (including phenoxy) is 3. The first-order chi connectivity index (χ1) is 25.4. The molecule has 0 radical (unpaired) electrons. The number of hydrogen-bond acceptors (Lipinski definition) is 7. The van der Waals surface area contributed by atoms with E-state index in [0.29, 0.717) is 30.0 Å². The molecular formula is C44H47NO7. The van der Waals surface area contributed by atoms with Crippen molar-refractivity contribution in [2.24, 2.45) is 0 Å². The smallest absolute Gasteiger partial charge is 0.337 e. The van der Waals surface area contributed by atoms with Gasteiger partial charge in [-0.2, -0.15) is 0 Å². The number of esters is 2. The fourth-order valence-electron chi connectivity index (χ4n) is 6.56. The highest BCUT2D eigenvalue weighted by Crippen LogP contribution is 2.40. The standard InChI is InChI=1S/C44H47NO7/c1-3-4-5-15-26-50-30-38-41(44(49)52-29-32-17-9-6-10-18-32)40(35-23-16-24-36(28-35)42(46)47)39(31(2)45-38)43(48)51-27-25-37(33-19-11-7-12-20-33)34-21-13-8-14-22-34/h6-14,16-24,28,37,40,45H,3-5,15,25-27,29-30H2,1-2H3,(H,46,47). The topological polar surface area (TPSA) is 111 Å². The van der Waals surface area contributed by atoms with E-state index in [9.17, 15) is 19.5 Å². The molecule has 1 atom stereocenters. The van der Waals surface area contributed by atoms with E-state index in [-0.39, 0.29) is 42.4 Å². The summed E-state index contributed by atoms with van der Waals surface area (Å²) < 4.78 is 18.0. The average molecular weight is 702 g/mol. The molecule has 0 fully saturated rings. The van der Waals surface area contributed by atoms with Gasteiger partial charge < -0.3 is 24.6 Å². The molecule has 2 N–H and O–H groups in total. The third-order valence-corrected chi connectivity index (χ3v) is 9.20. The van der Waals surface area contributed by atoms with Crippen LogP contribution >= 0.6 is 0 Å². The Morgan fingerprint density at radius 2 is 1.35 bits per heavy atom.